The molecule has 25 heavy (non-hydrogen) atoms. The summed E-state index contributed by atoms with van der Waals surface area (Å²) in [5.41, 5.74) is 7.61. The van der Waals surface area contributed by atoms with Gasteiger partial charge in [0.25, 0.3) is 5.91 Å². The molecule has 0 bridgehead atoms. The summed E-state index contributed by atoms with van der Waals surface area (Å²) in [6.45, 7) is 3.74. The van der Waals surface area contributed by atoms with Gasteiger partial charge in [0, 0.05) is 0 Å². The molecular formula is C19H22N2O4. The van der Waals surface area contributed by atoms with Gasteiger partial charge < -0.3 is 9.47 Å². The maximum absolute atomic E-state index is 11.9. The average molecular weight is 342 g/mol. The second-order valence-corrected chi connectivity index (χ2v) is 5.74. The fourth-order valence-electron chi connectivity index (χ4n) is 2.35. The van der Waals surface area contributed by atoms with Crippen molar-refractivity contribution in [3.05, 3.63) is 59.2 Å². The second kappa shape index (κ2) is 8.73. The molecule has 0 spiro atoms. The van der Waals surface area contributed by atoms with Gasteiger partial charge in [-0.15, -0.1) is 0 Å². The van der Waals surface area contributed by atoms with E-state index in [2.05, 4.69) is 10.9 Å². The van der Waals surface area contributed by atoms with E-state index in [1.54, 1.807) is 25.3 Å². The lowest BCUT2D eigenvalue weighted by atomic mass is 10.1. The molecule has 132 valence electrons. The van der Waals surface area contributed by atoms with Crippen LogP contribution >= 0.6 is 0 Å². The van der Waals surface area contributed by atoms with Gasteiger partial charge in [-0.05, 0) is 54.8 Å². The van der Waals surface area contributed by atoms with Crippen LogP contribution in [0.1, 0.15) is 16.7 Å². The van der Waals surface area contributed by atoms with Crippen LogP contribution in [-0.2, 0) is 16.0 Å². The molecule has 0 aliphatic heterocycles. The Bertz CT molecular complexity index is 739. The number of hydrogen-bond acceptors (Lipinski definition) is 4. The fraction of sp³-hybridized carbons (Fsp3) is 0.263. The van der Waals surface area contributed by atoms with Crippen molar-refractivity contribution >= 4 is 11.8 Å². The van der Waals surface area contributed by atoms with Gasteiger partial charge >= 0.3 is 0 Å². The lowest BCUT2D eigenvalue weighted by Crippen LogP contribution is -2.44. The van der Waals surface area contributed by atoms with Gasteiger partial charge in [-0.3, -0.25) is 20.4 Å². The Morgan fingerprint density at radius 3 is 2.28 bits per heavy atom. The highest BCUT2D eigenvalue weighted by Crippen LogP contribution is 2.16. The number of methoxy groups -OCH3 is 1. The zero-order valence-corrected chi connectivity index (χ0v) is 14.6. The van der Waals surface area contributed by atoms with Crippen molar-refractivity contribution in [1.29, 1.82) is 0 Å². The van der Waals surface area contributed by atoms with Crippen molar-refractivity contribution in [2.24, 2.45) is 0 Å². The van der Waals surface area contributed by atoms with E-state index in [-0.39, 0.29) is 18.9 Å². The normalized spacial score (nSPS) is 10.0. The third-order valence-corrected chi connectivity index (χ3v) is 3.41. The number of aryl methyl sites for hydroxylation is 2. The quantitative estimate of drug-likeness (QED) is 0.788. The number of carbonyl (C=O) groups is 2. The maximum Gasteiger partial charge on any atom is 0.276 e. The van der Waals surface area contributed by atoms with Crippen LogP contribution in [0.2, 0.25) is 0 Å². The summed E-state index contributed by atoms with van der Waals surface area (Å²) < 4.78 is 10.5. The van der Waals surface area contributed by atoms with Crippen LogP contribution in [0.25, 0.3) is 0 Å². The summed E-state index contributed by atoms with van der Waals surface area (Å²) in [5.74, 6) is 0.540. The monoisotopic (exact) mass is 342 g/mol. The highest BCUT2D eigenvalue weighted by molar-refractivity contribution is 5.83. The number of rotatable bonds is 6. The van der Waals surface area contributed by atoms with Crippen molar-refractivity contribution in [1.82, 2.24) is 10.9 Å². The Hall–Kier alpha value is -3.02. The topological polar surface area (TPSA) is 76.7 Å². The van der Waals surface area contributed by atoms with E-state index < -0.39 is 5.91 Å². The smallest absolute Gasteiger partial charge is 0.276 e. The Morgan fingerprint density at radius 2 is 1.60 bits per heavy atom. The SMILES string of the molecule is COc1cccc(CC(=O)NNC(=O)COc2cc(C)cc(C)c2)c1. The molecule has 6 nitrogen and oxygen atoms in total. The highest BCUT2D eigenvalue weighted by atomic mass is 16.5. The van der Waals surface area contributed by atoms with Crippen molar-refractivity contribution in [3.63, 3.8) is 0 Å². The van der Waals surface area contributed by atoms with Crippen LogP contribution < -0.4 is 20.3 Å². The lowest BCUT2D eigenvalue weighted by molar-refractivity contribution is -0.129. The molecular weight excluding hydrogens is 320 g/mol. The molecule has 0 aromatic heterocycles. The van der Waals surface area contributed by atoms with Crippen LogP contribution in [0.3, 0.4) is 0 Å². The summed E-state index contributed by atoms with van der Waals surface area (Å²) >= 11 is 0. The Kier molecular flexibility index (Phi) is 6.39. The molecule has 0 atom stereocenters. The van der Waals surface area contributed by atoms with Gasteiger partial charge in [-0.2, -0.15) is 0 Å². The molecule has 0 fully saturated rings. The van der Waals surface area contributed by atoms with E-state index in [0.717, 1.165) is 16.7 Å². The predicted molar refractivity (Wildman–Crippen MR) is 94.4 cm³/mol. The Labute approximate surface area is 147 Å². The van der Waals surface area contributed by atoms with Crippen molar-refractivity contribution in [3.8, 4) is 11.5 Å². The minimum atomic E-state index is -0.432. The number of carbonyl (C=O) groups excluding carboxylic acids is 2. The number of hydrazine groups is 1. The first-order valence-electron chi connectivity index (χ1n) is 7.88. The van der Waals surface area contributed by atoms with Crippen LogP contribution in [0.4, 0.5) is 0 Å². The van der Waals surface area contributed by atoms with Crippen molar-refractivity contribution in [2.45, 2.75) is 20.3 Å². The first-order chi connectivity index (χ1) is 12.0. The highest BCUT2D eigenvalue weighted by Gasteiger charge is 2.07. The van der Waals surface area contributed by atoms with E-state index in [1.807, 2.05) is 38.1 Å². The molecule has 0 unspecified atom stereocenters. The molecule has 0 aliphatic carbocycles. The van der Waals surface area contributed by atoms with Crippen LogP contribution in [0, 0.1) is 13.8 Å². The van der Waals surface area contributed by atoms with Gasteiger partial charge in [0.15, 0.2) is 6.61 Å². The van der Waals surface area contributed by atoms with E-state index in [0.29, 0.717) is 11.5 Å². The summed E-state index contributed by atoms with van der Waals surface area (Å²) in [6.07, 6.45) is 0.134. The predicted octanol–water partition coefficient (Wildman–Crippen LogP) is 2.08. The van der Waals surface area contributed by atoms with Gasteiger partial charge in [0.2, 0.25) is 5.91 Å². The Morgan fingerprint density at radius 1 is 0.920 bits per heavy atom. The average Bonchev–Trinajstić information content (AvgIpc) is 2.57. The summed E-state index contributed by atoms with van der Waals surface area (Å²) in [7, 11) is 1.56. The van der Waals surface area contributed by atoms with E-state index in [1.165, 1.54) is 0 Å². The molecule has 2 rings (SSSR count). The van der Waals surface area contributed by atoms with Gasteiger partial charge in [-0.25, -0.2) is 0 Å². The number of hydrogen-bond donors (Lipinski definition) is 2. The molecule has 0 radical (unpaired) electrons. The van der Waals surface area contributed by atoms with Crippen LogP contribution in [0.15, 0.2) is 42.5 Å². The standard InChI is InChI=1S/C19H22N2O4/c1-13-7-14(2)9-17(8-13)25-12-19(23)21-20-18(22)11-15-5-4-6-16(10-15)24-3/h4-10H,11-12H2,1-3H3,(H,20,22)(H,21,23). The molecule has 2 N–H and O–H groups in total. The molecule has 6 heteroatoms. The first-order valence-corrected chi connectivity index (χ1v) is 7.88. The summed E-state index contributed by atoms with van der Waals surface area (Å²) in [4.78, 5) is 23.6. The number of ether oxygens (including phenoxy) is 2. The number of amides is 2. The summed E-state index contributed by atoms with van der Waals surface area (Å²) in [6, 6.07) is 12.9. The lowest BCUT2D eigenvalue weighted by Gasteiger charge is -2.10. The first kappa shape index (κ1) is 18.3. The third-order valence-electron chi connectivity index (χ3n) is 3.41. The maximum atomic E-state index is 11.9. The van der Waals surface area contributed by atoms with Gasteiger partial charge in [0.1, 0.15) is 11.5 Å². The molecule has 0 aliphatic rings. The fourth-order valence-corrected chi connectivity index (χ4v) is 2.35. The molecule has 0 saturated heterocycles. The van der Waals surface area contributed by atoms with Gasteiger partial charge in [0.05, 0.1) is 13.5 Å². The zero-order chi connectivity index (χ0) is 18.2. The molecule has 2 aromatic carbocycles. The van der Waals surface area contributed by atoms with Crippen molar-refractivity contribution in [2.75, 3.05) is 13.7 Å². The second-order valence-electron chi connectivity index (χ2n) is 5.74. The minimum Gasteiger partial charge on any atom is -0.497 e. The molecule has 2 amide bonds. The number of nitrogens with one attached hydrogen (secondary N) is 2. The van der Waals surface area contributed by atoms with E-state index in [9.17, 15) is 9.59 Å². The summed E-state index contributed by atoms with van der Waals surface area (Å²) in [5, 5.41) is 0. The van der Waals surface area contributed by atoms with Gasteiger partial charge in [-0.1, -0.05) is 18.2 Å². The molecule has 0 heterocycles. The van der Waals surface area contributed by atoms with E-state index >= 15 is 0 Å². The van der Waals surface area contributed by atoms with Crippen LogP contribution in [-0.4, -0.2) is 25.5 Å². The molecule has 2 aromatic rings. The van der Waals surface area contributed by atoms with Crippen LogP contribution in [0.5, 0.6) is 11.5 Å². The third kappa shape index (κ3) is 6.18. The zero-order valence-electron chi connectivity index (χ0n) is 14.6. The largest absolute Gasteiger partial charge is 0.497 e. The number of benzene rings is 2. The Balaban J connectivity index is 1.76. The molecule has 0 saturated carbocycles. The minimum absolute atomic E-state index is 0.134. The van der Waals surface area contributed by atoms with E-state index in [4.69, 9.17) is 9.47 Å². The van der Waals surface area contributed by atoms with Crippen molar-refractivity contribution < 1.29 is 19.1 Å².